The minimum atomic E-state index is -0.000787. The van der Waals surface area contributed by atoms with Gasteiger partial charge >= 0.3 is 0 Å². The molecule has 0 saturated carbocycles. The van der Waals surface area contributed by atoms with E-state index in [4.69, 9.17) is 11.6 Å². The van der Waals surface area contributed by atoms with Gasteiger partial charge in [-0.25, -0.2) is 10.8 Å². The molecule has 0 aromatic heterocycles. The zero-order chi connectivity index (χ0) is 10.6. The van der Waals surface area contributed by atoms with Crippen molar-refractivity contribution >= 4 is 21.9 Å². The Morgan fingerprint density at radius 1 is 1.43 bits per heavy atom. The van der Waals surface area contributed by atoms with E-state index in [2.05, 4.69) is 26.3 Å². The van der Waals surface area contributed by atoms with Gasteiger partial charge < -0.3 is 5.73 Å². The number of hydrazine groups is 1. The molecule has 0 amide bonds. The van der Waals surface area contributed by atoms with Crippen molar-refractivity contribution in [2.75, 3.05) is 0 Å². The van der Waals surface area contributed by atoms with E-state index in [-0.39, 0.29) is 12.0 Å². The van der Waals surface area contributed by atoms with Gasteiger partial charge in [0, 0.05) is 4.47 Å². The van der Waals surface area contributed by atoms with Gasteiger partial charge in [0.25, 0.3) is 0 Å². The van der Waals surface area contributed by atoms with Crippen LogP contribution in [0, 0.1) is 0 Å². The molecule has 4 nitrogen and oxygen atoms in total. The average Bonchev–Trinajstić information content (AvgIpc) is 2.18. The molecular formula is C9H13BrN4. The van der Waals surface area contributed by atoms with E-state index >= 15 is 0 Å². The van der Waals surface area contributed by atoms with Crippen molar-refractivity contribution in [3.63, 3.8) is 0 Å². The van der Waals surface area contributed by atoms with Crippen molar-refractivity contribution in [2.45, 2.75) is 13.0 Å². The molecule has 0 fully saturated rings. The molecule has 5 N–H and O–H groups in total. The lowest BCUT2D eigenvalue weighted by atomic mass is 10.1. The van der Waals surface area contributed by atoms with Gasteiger partial charge in [0.15, 0.2) is 0 Å². The predicted octanol–water partition coefficient (Wildman–Crippen LogP) is 1.29. The first kappa shape index (κ1) is 11.0. The highest BCUT2D eigenvalue weighted by molar-refractivity contribution is 9.10. The molecule has 0 saturated heterocycles. The molecule has 1 aromatic rings. The first-order chi connectivity index (χ1) is 6.63. The van der Waals surface area contributed by atoms with Crippen molar-refractivity contribution in [3.05, 3.63) is 34.3 Å². The molecule has 0 radical (unpaired) electrons. The molecule has 5 heteroatoms. The second-order valence-corrected chi connectivity index (χ2v) is 3.80. The summed E-state index contributed by atoms with van der Waals surface area (Å²) in [6, 6.07) is 7.91. The van der Waals surface area contributed by atoms with Crippen LogP contribution >= 0.6 is 15.9 Å². The Balaban J connectivity index is 2.79. The third kappa shape index (κ3) is 3.01. The lowest BCUT2D eigenvalue weighted by molar-refractivity contribution is 0.801. The quantitative estimate of drug-likeness (QED) is 0.323. The van der Waals surface area contributed by atoms with E-state index in [0.717, 1.165) is 10.0 Å². The summed E-state index contributed by atoms with van der Waals surface area (Å²) in [5.74, 6) is 5.35. The fourth-order valence-electron chi connectivity index (χ4n) is 1.06. The van der Waals surface area contributed by atoms with Crippen LogP contribution in [0.3, 0.4) is 0 Å². The number of nitrogens with one attached hydrogen (secondary N) is 1. The highest BCUT2D eigenvalue weighted by Gasteiger charge is 2.03. The highest BCUT2D eigenvalue weighted by atomic mass is 79.9. The van der Waals surface area contributed by atoms with Crippen LogP contribution in [0.15, 0.2) is 33.7 Å². The third-order valence-corrected chi connectivity index (χ3v) is 2.36. The predicted molar refractivity (Wildman–Crippen MR) is 61.5 cm³/mol. The van der Waals surface area contributed by atoms with Gasteiger partial charge in [0.2, 0.25) is 5.96 Å². The number of rotatable bonds is 2. The number of guanidine groups is 1. The molecule has 0 bridgehead atoms. The van der Waals surface area contributed by atoms with E-state index < -0.39 is 0 Å². The molecule has 1 atom stereocenters. The van der Waals surface area contributed by atoms with Crippen molar-refractivity contribution in [1.82, 2.24) is 5.43 Å². The van der Waals surface area contributed by atoms with Crippen LogP contribution in [0.5, 0.6) is 0 Å². The minimum absolute atomic E-state index is 0.000787. The normalized spacial score (nSPS) is 13.8. The largest absolute Gasteiger partial charge is 0.369 e. The van der Waals surface area contributed by atoms with E-state index in [1.54, 1.807) is 0 Å². The average molecular weight is 257 g/mol. The van der Waals surface area contributed by atoms with Crippen molar-refractivity contribution < 1.29 is 0 Å². The van der Waals surface area contributed by atoms with Crippen molar-refractivity contribution in [2.24, 2.45) is 16.6 Å². The van der Waals surface area contributed by atoms with Gasteiger partial charge in [-0.05, 0) is 24.6 Å². The molecule has 14 heavy (non-hydrogen) atoms. The van der Waals surface area contributed by atoms with Crippen LogP contribution in [0.4, 0.5) is 0 Å². The Morgan fingerprint density at radius 3 is 2.50 bits per heavy atom. The van der Waals surface area contributed by atoms with Gasteiger partial charge in [-0.3, -0.25) is 5.43 Å². The van der Waals surface area contributed by atoms with E-state index in [1.165, 1.54) is 0 Å². The Kier molecular flexibility index (Phi) is 3.91. The van der Waals surface area contributed by atoms with Gasteiger partial charge in [-0.1, -0.05) is 28.1 Å². The Morgan fingerprint density at radius 2 is 2.00 bits per heavy atom. The summed E-state index contributed by atoms with van der Waals surface area (Å²) in [5, 5.41) is 0. The molecule has 0 aliphatic heterocycles. The minimum Gasteiger partial charge on any atom is -0.369 e. The van der Waals surface area contributed by atoms with Gasteiger partial charge in [-0.15, -0.1) is 0 Å². The number of nitrogens with zero attached hydrogens (tertiary/aromatic N) is 1. The van der Waals surface area contributed by atoms with Crippen LogP contribution in [0.25, 0.3) is 0 Å². The fraction of sp³-hybridized carbons (Fsp3) is 0.222. The van der Waals surface area contributed by atoms with Crippen molar-refractivity contribution in [3.8, 4) is 0 Å². The second kappa shape index (κ2) is 4.97. The Labute approximate surface area is 91.5 Å². The lowest BCUT2D eigenvalue weighted by Gasteiger charge is -2.08. The Hall–Kier alpha value is -1.07. The maximum absolute atomic E-state index is 5.45. The summed E-state index contributed by atoms with van der Waals surface area (Å²) in [6.45, 7) is 1.95. The van der Waals surface area contributed by atoms with Crippen molar-refractivity contribution in [1.29, 1.82) is 0 Å². The molecule has 0 aliphatic carbocycles. The second-order valence-electron chi connectivity index (χ2n) is 2.89. The van der Waals surface area contributed by atoms with Gasteiger partial charge in [-0.2, -0.15) is 0 Å². The molecule has 1 aromatic carbocycles. The van der Waals surface area contributed by atoms with Crippen LogP contribution in [0.1, 0.15) is 18.5 Å². The van der Waals surface area contributed by atoms with Crippen LogP contribution in [-0.4, -0.2) is 5.96 Å². The zero-order valence-corrected chi connectivity index (χ0v) is 9.45. The molecule has 0 aliphatic rings. The van der Waals surface area contributed by atoms with Gasteiger partial charge in [0.1, 0.15) is 0 Å². The fourth-order valence-corrected chi connectivity index (χ4v) is 1.33. The third-order valence-electron chi connectivity index (χ3n) is 1.83. The number of hydrogen-bond acceptors (Lipinski definition) is 2. The maximum atomic E-state index is 5.45. The summed E-state index contributed by atoms with van der Waals surface area (Å²) in [7, 11) is 0. The zero-order valence-electron chi connectivity index (χ0n) is 7.87. The number of benzene rings is 1. The van der Waals surface area contributed by atoms with Crippen LogP contribution in [-0.2, 0) is 0 Å². The van der Waals surface area contributed by atoms with E-state index in [1.807, 2.05) is 31.2 Å². The standard InChI is InChI=1S/C9H13BrN4/c1-6(13-9(11)14-12)7-2-4-8(10)5-3-7/h2-6H,12H2,1H3,(H3,11,13,14). The van der Waals surface area contributed by atoms with Crippen LogP contribution in [0.2, 0.25) is 0 Å². The Bertz CT molecular complexity index is 320. The maximum Gasteiger partial charge on any atom is 0.203 e. The van der Waals surface area contributed by atoms with Crippen LogP contribution < -0.4 is 17.0 Å². The number of aliphatic imine (C=N–C) groups is 1. The molecule has 1 rings (SSSR count). The smallest absolute Gasteiger partial charge is 0.203 e. The molecule has 76 valence electrons. The monoisotopic (exact) mass is 256 g/mol. The molecule has 0 spiro atoms. The summed E-state index contributed by atoms with van der Waals surface area (Å²) in [5.41, 5.74) is 8.83. The summed E-state index contributed by atoms with van der Waals surface area (Å²) < 4.78 is 1.04. The van der Waals surface area contributed by atoms with E-state index in [9.17, 15) is 0 Å². The lowest BCUT2D eigenvalue weighted by Crippen LogP contribution is -2.37. The first-order valence-electron chi connectivity index (χ1n) is 4.19. The molecule has 1 unspecified atom stereocenters. The number of halogens is 1. The first-order valence-corrected chi connectivity index (χ1v) is 4.98. The number of nitrogens with two attached hydrogens (primary N) is 2. The topological polar surface area (TPSA) is 76.4 Å². The number of hydrogen-bond donors (Lipinski definition) is 3. The highest BCUT2D eigenvalue weighted by Crippen LogP contribution is 2.18. The summed E-state index contributed by atoms with van der Waals surface area (Å²) in [4.78, 5) is 4.14. The van der Waals surface area contributed by atoms with E-state index in [0.29, 0.717) is 0 Å². The molecule has 0 heterocycles. The SMILES string of the molecule is CC(N=C(N)NN)c1ccc(Br)cc1. The summed E-state index contributed by atoms with van der Waals surface area (Å²) in [6.07, 6.45) is 0. The van der Waals surface area contributed by atoms with Gasteiger partial charge in [0.05, 0.1) is 6.04 Å². The molecular weight excluding hydrogens is 244 g/mol. The summed E-state index contributed by atoms with van der Waals surface area (Å²) >= 11 is 3.37.